The first-order chi connectivity index (χ1) is 7.31. The molecule has 1 N–H and O–H groups in total. The molecule has 1 unspecified atom stereocenters. The van der Waals surface area contributed by atoms with Gasteiger partial charge in [-0.3, -0.25) is 0 Å². The lowest BCUT2D eigenvalue weighted by atomic mass is 10.00. The van der Waals surface area contributed by atoms with Crippen molar-refractivity contribution >= 4 is 0 Å². The minimum absolute atomic E-state index is 0.0981. The first-order valence-electron chi connectivity index (χ1n) is 5.38. The maximum absolute atomic E-state index is 5.25. The van der Waals surface area contributed by atoms with E-state index in [0.29, 0.717) is 11.7 Å². The first-order valence-corrected chi connectivity index (χ1v) is 5.38. The van der Waals surface area contributed by atoms with Gasteiger partial charge in [0.1, 0.15) is 6.10 Å². The molecule has 2 heterocycles. The van der Waals surface area contributed by atoms with Crippen molar-refractivity contribution in [2.75, 3.05) is 20.2 Å². The van der Waals surface area contributed by atoms with Crippen molar-refractivity contribution in [3.63, 3.8) is 0 Å². The second-order valence-corrected chi connectivity index (χ2v) is 3.91. The summed E-state index contributed by atoms with van der Waals surface area (Å²) in [6.45, 7) is 3.93. The SMILES string of the molecule is COC(C)c1noc([C@@H]2CCCNC2)n1. The Hall–Kier alpha value is -0.940. The zero-order valence-electron chi connectivity index (χ0n) is 9.19. The highest BCUT2D eigenvalue weighted by atomic mass is 16.5. The second-order valence-electron chi connectivity index (χ2n) is 3.91. The van der Waals surface area contributed by atoms with Crippen LogP contribution in [0.1, 0.15) is 43.5 Å². The summed E-state index contributed by atoms with van der Waals surface area (Å²) in [6.07, 6.45) is 2.19. The van der Waals surface area contributed by atoms with Crippen LogP contribution in [0.15, 0.2) is 4.52 Å². The maximum atomic E-state index is 5.25. The number of hydrogen-bond acceptors (Lipinski definition) is 5. The Morgan fingerprint density at radius 1 is 1.60 bits per heavy atom. The van der Waals surface area contributed by atoms with Crippen LogP contribution in [0.3, 0.4) is 0 Å². The summed E-state index contributed by atoms with van der Waals surface area (Å²) < 4.78 is 10.4. The summed E-state index contributed by atoms with van der Waals surface area (Å²) in [6, 6.07) is 0. The van der Waals surface area contributed by atoms with E-state index in [4.69, 9.17) is 9.26 Å². The first kappa shape index (κ1) is 10.6. The molecule has 0 aromatic carbocycles. The van der Waals surface area contributed by atoms with E-state index in [1.807, 2.05) is 6.92 Å². The van der Waals surface area contributed by atoms with Crippen molar-refractivity contribution in [3.05, 3.63) is 11.7 Å². The fourth-order valence-electron chi connectivity index (χ4n) is 1.75. The fourth-order valence-corrected chi connectivity index (χ4v) is 1.75. The lowest BCUT2D eigenvalue weighted by Gasteiger charge is -2.18. The largest absolute Gasteiger partial charge is 0.374 e. The van der Waals surface area contributed by atoms with Crippen LogP contribution >= 0.6 is 0 Å². The van der Waals surface area contributed by atoms with E-state index >= 15 is 0 Å². The van der Waals surface area contributed by atoms with Gasteiger partial charge in [0, 0.05) is 13.7 Å². The number of methoxy groups -OCH3 is 1. The average molecular weight is 211 g/mol. The molecule has 1 aliphatic rings. The summed E-state index contributed by atoms with van der Waals surface area (Å²) in [5.41, 5.74) is 0. The molecular weight excluding hydrogens is 194 g/mol. The molecule has 1 aromatic rings. The molecule has 1 fully saturated rings. The number of rotatable bonds is 3. The van der Waals surface area contributed by atoms with Gasteiger partial charge in [-0.2, -0.15) is 4.98 Å². The number of aromatic nitrogens is 2. The molecule has 5 heteroatoms. The standard InChI is InChI=1S/C10H17N3O2/c1-7(14-2)9-12-10(15-13-9)8-4-3-5-11-6-8/h7-8,11H,3-6H2,1-2H3/t7?,8-/m1/s1. The highest BCUT2D eigenvalue weighted by Crippen LogP contribution is 2.23. The molecule has 1 aromatic heterocycles. The molecule has 15 heavy (non-hydrogen) atoms. The van der Waals surface area contributed by atoms with E-state index in [2.05, 4.69) is 15.5 Å². The molecule has 1 saturated heterocycles. The molecule has 0 aliphatic carbocycles. The summed E-state index contributed by atoms with van der Waals surface area (Å²) in [5, 5.41) is 7.25. The average Bonchev–Trinajstić information content (AvgIpc) is 2.78. The van der Waals surface area contributed by atoms with Gasteiger partial charge in [0.05, 0.1) is 5.92 Å². The summed E-state index contributed by atoms with van der Waals surface area (Å²) >= 11 is 0. The Bertz CT molecular complexity index is 307. The number of piperidine rings is 1. The van der Waals surface area contributed by atoms with Crippen molar-refractivity contribution < 1.29 is 9.26 Å². The topological polar surface area (TPSA) is 60.2 Å². The second kappa shape index (κ2) is 4.72. The van der Waals surface area contributed by atoms with Gasteiger partial charge < -0.3 is 14.6 Å². The number of ether oxygens (including phenoxy) is 1. The van der Waals surface area contributed by atoms with Crippen LogP contribution in [-0.2, 0) is 4.74 Å². The quantitative estimate of drug-likeness (QED) is 0.815. The van der Waals surface area contributed by atoms with Crippen molar-refractivity contribution in [2.24, 2.45) is 0 Å². The van der Waals surface area contributed by atoms with Gasteiger partial charge in [0.2, 0.25) is 5.89 Å². The van der Waals surface area contributed by atoms with E-state index in [9.17, 15) is 0 Å². The minimum atomic E-state index is -0.0981. The van der Waals surface area contributed by atoms with Gasteiger partial charge in [-0.05, 0) is 26.3 Å². The molecule has 0 saturated carbocycles. The highest BCUT2D eigenvalue weighted by Gasteiger charge is 2.22. The van der Waals surface area contributed by atoms with Gasteiger partial charge in [-0.15, -0.1) is 0 Å². The Balaban J connectivity index is 2.05. The molecule has 5 nitrogen and oxygen atoms in total. The number of hydrogen-bond donors (Lipinski definition) is 1. The predicted molar refractivity (Wildman–Crippen MR) is 54.6 cm³/mol. The Morgan fingerprint density at radius 2 is 2.47 bits per heavy atom. The molecule has 0 bridgehead atoms. The van der Waals surface area contributed by atoms with Crippen LogP contribution in [0.25, 0.3) is 0 Å². The van der Waals surface area contributed by atoms with E-state index in [1.54, 1.807) is 7.11 Å². The molecule has 0 amide bonds. The van der Waals surface area contributed by atoms with Crippen molar-refractivity contribution in [1.82, 2.24) is 15.5 Å². The van der Waals surface area contributed by atoms with Crippen molar-refractivity contribution in [1.29, 1.82) is 0 Å². The van der Waals surface area contributed by atoms with E-state index in [-0.39, 0.29) is 6.10 Å². The van der Waals surface area contributed by atoms with Gasteiger partial charge in [-0.1, -0.05) is 5.16 Å². The molecule has 2 rings (SSSR count). The zero-order valence-corrected chi connectivity index (χ0v) is 9.19. The summed E-state index contributed by atoms with van der Waals surface area (Å²) in [4.78, 5) is 4.36. The minimum Gasteiger partial charge on any atom is -0.374 e. The molecule has 84 valence electrons. The molecular formula is C10H17N3O2. The normalized spacial score (nSPS) is 24.0. The molecule has 1 aliphatic heterocycles. The van der Waals surface area contributed by atoms with Crippen LogP contribution in [-0.4, -0.2) is 30.3 Å². The van der Waals surface area contributed by atoms with Crippen molar-refractivity contribution in [2.45, 2.75) is 31.8 Å². The van der Waals surface area contributed by atoms with Crippen LogP contribution < -0.4 is 5.32 Å². The summed E-state index contributed by atoms with van der Waals surface area (Å²) in [7, 11) is 1.64. The van der Waals surface area contributed by atoms with Crippen LogP contribution in [0.4, 0.5) is 0 Å². The number of nitrogens with one attached hydrogen (secondary N) is 1. The van der Waals surface area contributed by atoms with Crippen LogP contribution in [0.5, 0.6) is 0 Å². The van der Waals surface area contributed by atoms with Crippen molar-refractivity contribution in [3.8, 4) is 0 Å². The van der Waals surface area contributed by atoms with E-state index < -0.39 is 0 Å². The van der Waals surface area contributed by atoms with Crippen LogP contribution in [0.2, 0.25) is 0 Å². The third-order valence-electron chi connectivity index (χ3n) is 2.82. The third-order valence-corrected chi connectivity index (χ3v) is 2.82. The maximum Gasteiger partial charge on any atom is 0.231 e. The lowest BCUT2D eigenvalue weighted by molar-refractivity contribution is 0.109. The fraction of sp³-hybridized carbons (Fsp3) is 0.800. The Morgan fingerprint density at radius 3 is 3.13 bits per heavy atom. The summed E-state index contributed by atoms with van der Waals surface area (Å²) in [5.74, 6) is 1.74. The third kappa shape index (κ3) is 2.35. The predicted octanol–water partition coefficient (Wildman–Crippen LogP) is 1.24. The zero-order chi connectivity index (χ0) is 10.7. The molecule has 0 radical (unpaired) electrons. The van der Waals surface area contributed by atoms with Crippen LogP contribution in [0, 0.1) is 0 Å². The van der Waals surface area contributed by atoms with Gasteiger partial charge in [0.15, 0.2) is 5.82 Å². The Labute approximate surface area is 89.2 Å². The van der Waals surface area contributed by atoms with Gasteiger partial charge in [-0.25, -0.2) is 0 Å². The monoisotopic (exact) mass is 211 g/mol. The number of nitrogens with zero attached hydrogens (tertiary/aromatic N) is 2. The Kier molecular flexibility index (Phi) is 3.33. The molecule has 2 atom stereocenters. The van der Waals surface area contributed by atoms with E-state index in [1.165, 1.54) is 6.42 Å². The van der Waals surface area contributed by atoms with Gasteiger partial charge in [0.25, 0.3) is 0 Å². The van der Waals surface area contributed by atoms with E-state index in [0.717, 1.165) is 25.4 Å². The molecule has 0 spiro atoms. The lowest BCUT2D eigenvalue weighted by Crippen LogP contribution is -2.28. The van der Waals surface area contributed by atoms with Gasteiger partial charge >= 0.3 is 0 Å². The smallest absolute Gasteiger partial charge is 0.231 e. The highest BCUT2D eigenvalue weighted by molar-refractivity contribution is 4.98.